The van der Waals surface area contributed by atoms with Crippen molar-refractivity contribution in [3.05, 3.63) is 62.2 Å². The molecule has 0 bridgehead atoms. The summed E-state index contributed by atoms with van der Waals surface area (Å²) >= 11 is 0. The quantitative estimate of drug-likeness (QED) is 0.0501. The van der Waals surface area contributed by atoms with Crippen molar-refractivity contribution in [2.24, 2.45) is 0 Å². The van der Waals surface area contributed by atoms with Crippen molar-refractivity contribution in [2.75, 3.05) is 50.8 Å². The van der Waals surface area contributed by atoms with Gasteiger partial charge in [-0.15, -0.1) is 0 Å². The Morgan fingerprint density at radius 2 is 1.56 bits per heavy atom. The van der Waals surface area contributed by atoms with Crippen molar-refractivity contribution < 1.29 is 58.5 Å². The molecule has 2 atom stereocenters. The molecule has 1 aliphatic rings. The fourth-order valence-corrected chi connectivity index (χ4v) is 7.30. The number of rotatable bonds is 20. The molecule has 0 aliphatic carbocycles. The van der Waals surface area contributed by atoms with E-state index in [-0.39, 0.29) is 40.4 Å². The molecule has 1 heterocycles. The smallest absolute Gasteiger partial charge is 0.298 e. The van der Waals surface area contributed by atoms with Crippen LogP contribution in [0.25, 0.3) is 0 Å². The molecule has 15 heteroatoms. The Morgan fingerprint density at radius 3 is 2.09 bits per heavy atom. The topological polar surface area (TPSA) is 173 Å². The molecule has 2 aromatic carbocycles. The van der Waals surface area contributed by atoms with Crippen LogP contribution in [0.5, 0.6) is 5.75 Å². The number of hydrogen-bond donors (Lipinski definition) is 2. The summed E-state index contributed by atoms with van der Waals surface area (Å²) in [7, 11) is -3.67. The molecule has 304 valence electrons. The molecular weight excluding hydrogens is 780 g/mol. The second-order valence-corrected chi connectivity index (χ2v) is 15.9. The van der Waals surface area contributed by atoms with Gasteiger partial charge in [-0.05, 0) is 126 Å². The first kappa shape index (κ1) is 48.8. The first-order valence-electron chi connectivity index (χ1n) is 18.7. The Kier molecular flexibility index (Phi) is 21.3. The maximum absolute atomic E-state index is 13.5. The monoisotopic (exact) mass is 840 g/mol. The van der Waals surface area contributed by atoms with Gasteiger partial charge in [-0.2, -0.15) is 8.42 Å². The number of nitrogens with one attached hydrogen (secondary N) is 1. The summed E-state index contributed by atoms with van der Waals surface area (Å²) in [6.45, 7) is 17.6. The van der Waals surface area contributed by atoms with Gasteiger partial charge in [0.05, 0.1) is 36.9 Å². The maximum Gasteiger partial charge on any atom is 0.298 e. The van der Waals surface area contributed by atoms with E-state index in [2.05, 4.69) is 24.1 Å². The summed E-state index contributed by atoms with van der Waals surface area (Å²) in [6, 6.07) is 6.47. The molecule has 54 heavy (non-hydrogen) atoms. The summed E-state index contributed by atoms with van der Waals surface area (Å²) in [5.74, 6) is 0.719. The SMILES string of the molecule is CCCC[N+](CC)(CCCCCCN1CCCCC1C(=O)Nc1c(C)cc([N+](=O)[O-])cc1C)CC(=O)Cc1c(C)cc(OC=O)cc1C.CS(=O)(=O)O.[Br-]. The van der Waals surface area contributed by atoms with E-state index in [1.54, 1.807) is 13.8 Å². The van der Waals surface area contributed by atoms with Crippen LogP contribution in [0, 0.1) is 37.8 Å². The zero-order valence-electron chi connectivity index (χ0n) is 33.1. The predicted molar refractivity (Wildman–Crippen MR) is 208 cm³/mol. The second kappa shape index (κ2) is 23.6. The Bertz CT molecular complexity index is 1620. The standard InChI is InChI=1S/C38H56N4O6.CH4O3S.BrH/c1-7-9-19-42(8-2,26-33(44)25-35-28(3)23-34(48-27-43)24-29(35)4)20-15-11-10-13-17-40-18-14-12-16-36(40)38(45)39-37-30(5)21-32(41(46)47)22-31(37)6;1-5(2,3)4;/h21-24,27,36H,7-20,25-26H2,1-6H3;1H3,(H,2,3,4);1H. The maximum atomic E-state index is 13.5. The highest BCUT2D eigenvalue weighted by Crippen LogP contribution is 2.28. The fourth-order valence-electron chi connectivity index (χ4n) is 7.30. The number of amides is 1. The molecule has 13 nitrogen and oxygen atoms in total. The Balaban J connectivity index is 0.00000227. The number of anilines is 1. The average Bonchev–Trinajstić information content (AvgIpc) is 3.07. The predicted octanol–water partition coefficient (Wildman–Crippen LogP) is 3.67. The number of nitro groups is 1. The number of likely N-dealkylation sites (N-methyl/N-ethyl adjacent to an activating group) is 1. The lowest BCUT2D eigenvalue weighted by molar-refractivity contribution is -0.919. The number of quaternary nitrogens is 1. The van der Waals surface area contributed by atoms with Gasteiger partial charge < -0.3 is 31.5 Å². The van der Waals surface area contributed by atoms with Gasteiger partial charge in [-0.1, -0.05) is 26.2 Å². The highest BCUT2D eigenvalue weighted by Gasteiger charge is 2.30. The molecule has 0 spiro atoms. The number of piperidine rings is 1. The third-order valence-electron chi connectivity index (χ3n) is 10.1. The molecule has 2 N–H and O–H groups in total. The fraction of sp³-hybridized carbons (Fsp3) is 0.615. The zero-order chi connectivity index (χ0) is 39.8. The average molecular weight is 842 g/mol. The van der Waals surface area contributed by atoms with Crippen LogP contribution in [0.3, 0.4) is 0 Å². The number of aryl methyl sites for hydroxylation is 4. The van der Waals surface area contributed by atoms with E-state index in [0.29, 0.717) is 48.3 Å². The first-order valence-corrected chi connectivity index (χ1v) is 20.6. The lowest BCUT2D eigenvalue weighted by Gasteiger charge is -2.38. The zero-order valence-corrected chi connectivity index (χ0v) is 35.5. The molecule has 1 fully saturated rings. The van der Waals surface area contributed by atoms with Gasteiger partial charge >= 0.3 is 0 Å². The van der Waals surface area contributed by atoms with Gasteiger partial charge in [0, 0.05) is 24.2 Å². The van der Waals surface area contributed by atoms with Crippen molar-refractivity contribution >= 4 is 39.7 Å². The number of carbonyl (C=O) groups is 3. The van der Waals surface area contributed by atoms with E-state index in [1.807, 2.05) is 26.0 Å². The summed E-state index contributed by atoms with van der Waals surface area (Å²) in [4.78, 5) is 50.8. The summed E-state index contributed by atoms with van der Waals surface area (Å²) in [5.41, 5.74) is 5.05. The van der Waals surface area contributed by atoms with E-state index in [0.717, 1.165) is 112 Å². The third kappa shape index (κ3) is 16.6. The van der Waals surface area contributed by atoms with E-state index in [4.69, 9.17) is 9.29 Å². The Hall–Kier alpha value is -3.24. The largest absolute Gasteiger partial charge is 1.00 e. The van der Waals surface area contributed by atoms with Crippen molar-refractivity contribution in [3.63, 3.8) is 0 Å². The Labute approximate surface area is 332 Å². The van der Waals surface area contributed by atoms with Crippen LogP contribution in [0.1, 0.15) is 99.5 Å². The second-order valence-electron chi connectivity index (χ2n) is 14.5. The minimum Gasteiger partial charge on any atom is -1.00 e. The van der Waals surface area contributed by atoms with E-state index < -0.39 is 15.0 Å². The van der Waals surface area contributed by atoms with Crippen molar-refractivity contribution in [3.8, 4) is 5.75 Å². The van der Waals surface area contributed by atoms with Crippen molar-refractivity contribution in [1.29, 1.82) is 0 Å². The van der Waals surface area contributed by atoms with Gasteiger partial charge in [0.1, 0.15) is 12.3 Å². The number of carbonyl (C=O) groups excluding carboxylic acids is 3. The number of nitrogens with zero attached hydrogens (tertiary/aromatic N) is 3. The van der Waals surface area contributed by atoms with Gasteiger partial charge in [0.2, 0.25) is 5.91 Å². The molecule has 2 aromatic rings. The van der Waals surface area contributed by atoms with E-state index in [1.165, 1.54) is 12.1 Å². The van der Waals surface area contributed by atoms with Gasteiger partial charge in [0.25, 0.3) is 22.3 Å². The number of ketones is 1. The number of ether oxygens (including phenoxy) is 1. The van der Waals surface area contributed by atoms with Crippen LogP contribution < -0.4 is 27.0 Å². The molecule has 1 saturated heterocycles. The van der Waals surface area contributed by atoms with Crippen LogP contribution in [-0.2, 0) is 30.9 Å². The molecule has 2 unspecified atom stereocenters. The van der Waals surface area contributed by atoms with Gasteiger partial charge in [0.15, 0.2) is 5.78 Å². The van der Waals surface area contributed by atoms with Crippen LogP contribution >= 0.6 is 0 Å². The summed E-state index contributed by atoms with van der Waals surface area (Å²) in [5, 5.41) is 14.3. The highest BCUT2D eigenvalue weighted by molar-refractivity contribution is 7.85. The highest BCUT2D eigenvalue weighted by atomic mass is 79.9. The van der Waals surface area contributed by atoms with Crippen LogP contribution in [0.4, 0.5) is 11.4 Å². The number of non-ortho nitro benzene ring substituents is 1. The number of unbranched alkanes of at least 4 members (excludes halogenated alkanes) is 4. The summed E-state index contributed by atoms with van der Waals surface area (Å²) in [6.07, 6.45) is 10.4. The van der Waals surface area contributed by atoms with Crippen LogP contribution in [0.2, 0.25) is 0 Å². The third-order valence-corrected chi connectivity index (χ3v) is 10.1. The van der Waals surface area contributed by atoms with E-state index >= 15 is 0 Å². The van der Waals surface area contributed by atoms with Crippen LogP contribution in [0.15, 0.2) is 24.3 Å². The normalized spacial score (nSPS) is 15.5. The van der Waals surface area contributed by atoms with Crippen LogP contribution in [-0.4, -0.2) is 97.0 Å². The lowest BCUT2D eigenvalue weighted by Crippen LogP contribution is -3.00. The minimum absolute atomic E-state index is 0. The van der Waals surface area contributed by atoms with Gasteiger partial charge in [-0.25, -0.2) is 0 Å². The number of Topliss-reactive ketones (excluding diaryl/α,β-unsaturated/α-hetero) is 1. The molecule has 0 radical (unpaired) electrons. The lowest BCUT2D eigenvalue weighted by atomic mass is 9.97. The van der Waals surface area contributed by atoms with Gasteiger partial charge in [-0.3, -0.25) is 34.0 Å². The molecule has 0 aromatic heterocycles. The molecule has 1 aliphatic heterocycles. The van der Waals surface area contributed by atoms with Crippen molar-refractivity contribution in [2.45, 2.75) is 112 Å². The molecule has 0 saturated carbocycles. The number of hydrogen-bond acceptors (Lipinski definition) is 9. The number of benzene rings is 2. The minimum atomic E-state index is -3.67. The number of nitro benzene ring substituents is 1. The van der Waals surface area contributed by atoms with E-state index in [9.17, 15) is 32.9 Å². The Morgan fingerprint density at radius 1 is 0.981 bits per heavy atom. The first-order chi connectivity index (χ1) is 24.9. The molecular formula is C39H61BrN4O9S. The molecule has 3 rings (SSSR count). The molecule has 1 amide bonds. The number of halogens is 1. The van der Waals surface area contributed by atoms with Crippen molar-refractivity contribution in [1.82, 2.24) is 4.90 Å². The number of likely N-dealkylation sites (tertiary alicyclic amines) is 1. The summed E-state index contributed by atoms with van der Waals surface area (Å²) < 4.78 is 31.7.